The molecule has 18 heavy (non-hydrogen) atoms. The second-order valence-electron chi connectivity index (χ2n) is 6.12. The maximum absolute atomic E-state index is 12.0. The summed E-state index contributed by atoms with van der Waals surface area (Å²) in [6.45, 7) is 0.822. The quantitative estimate of drug-likeness (QED) is 0.807. The predicted molar refractivity (Wildman–Crippen MR) is 77.7 cm³/mol. The summed E-state index contributed by atoms with van der Waals surface area (Å²) in [7, 11) is 0. The van der Waals surface area contributed by atoms with Gasteiger partial charge in [0.2, 0.25) is 5.91 Å². The smallest absolute Gasteiger partial charge is 0.221 e. The van der Waals surface area contributed by atoms with Gasteiger partial charge in [0.25, 0.3) is 0 Å². The summed E-state index contributed by atoms with van der Waals surface area (Å²) >= 11 is 1.92. The van der Waals surface area contributed by atoms with Gasteiger partial charge in [-0.15, -0.1) is 0 Å². The van der Waals surface area contributed by atoms with Gasteiger partial charge in [-0.2, -0.15) is 11.8 Å². The van der Waals surface area contributed by atoms with Crippen LogP contribution in [0.15, 0.2) is 0 Å². The molecule has 0 aliphatic heterocycles. The fourth-order valence-electron chi connectivity index (χ4n) is 3.37. The van der Waals surface area contributed by atoms with Crippen molar-refractivity contribution >= 4 is 17.7 Å². The van der Waals surface area contributed by atoms with Crippen molar-refractivity contribution in [3.63, 3.8) is 0 Å². The molecule has 0 unspecified atom stereocenters. The van der Waals surface area contributed by atoms with Crippen LogP contribution in [0.4, 0.5) is 0 Å². The first-order chi connectivity index (χ1) is 8.58. The Kier molecular flexibility index (Phi) is 4.59. The summed E-state index contributed by atoms with van der Waals surface area (Å²) in [6, 6.07) is 0. The van der Waals surface area contributed by atoms with Gasteiger partial charge in [-0.1, -0.05) is 25.7 Å². The van der Waals surface area contributed by atoms with Crippen molar-refractivity contribution in [1.82, 2.24) is 5.32 Å². The van der Waals surface area contributed by atoms with Gasteiger partial charge >= 0.3 is 0 Å². The van der Waals surface area contributed by atoms with Crippen molar-refractivity contribution in [1.29, 1.82) is 0 Å². The number of hydrogen-bond acceptors (Lipinski definition) is 3. The molecule has 0 aromatic rings. The van der Waals surface area contributed by atoms with Crippen LogP contribution >= 0.6 is 11.8 Å². The molecule has 0 radical (unpaired) electrons. The van der Waals surface area contributed by atoms with Crippen LogP contribution in [0.1, 0.15) is 57.8 Å². The van der Waals surface area contributed by atoms with E-state index in [0.29, 0.717) is 11.2 Å². The number of hydrogen-bond donors (Lipinski definition) is 2. The Morgan fingerprint density at radius 2 is 1.72 bits per heavy atom. The third kappa shape index (κ3) is 3.41. The van der Waals surface area contributed by atoms with Gasteiger partial charge in [0.15, 0.2) is 0 Å². The summed E-state index contributed by atoms with van der Waals surface area (Å²) in [6.07, 6.45) is 12.1. The molecule has 3 N–H and O–H groups in total. The molecule has 0 saturated heterocycles. The van der Waals surface area contributed by atoms with E-state index in [1.165, 1.54) is 38.5 Å². The van der Waals surface area contributed by atoms with Crippen LogP contribution in [0.5, 0.6) is 0 Å². The molecule has 2 fully saturated rings. The lowest BCUT2D eigenvalue weighted by Crippen LogP contribution is -2.45. The molecule has 2 saturated carbocycles. The third-order valence-electron chi connectivity index (χ3n) is 4.67. The highest BCUT2D eigenvalue weighted by molar-refractivity contribution is 8.00. The lowest BCUT2D eigenvalue weighted by Gasteiger charge is -2.28. The molecular weight excluding hydrogens is 244 g/mol. The van der Waals surface area contributed by atoms with E-state index in [9.17, 15) is 4.79 Å². The van der Waals surface area contributed by atoms with Crippen LogP contribution in [0, 0.1) is 0 Å². The highest BCUT2D eigenvalue weighted by Crippen LogP contribution is 2.39. The molecular formula is C14H26N2OS. The van der Waals surface area contributed by atoms with Crippen LogP contribution in [0.2, 0.25) is 0 Å². The van der Waals surface area contributed by atoms with Crippen LogP contribution in [-0.2, 0) is 4.79 Å². The Balaban J connectivity index is 1.77. The fraction of sp³-hybridized carbons (Fsp3) is 0.929. The predicted octanol–water partition coefficient (Wildman–Crippen LogP) is 2.44. The first-order valence-electron chi connectivity index (χ1n) is 7.18. The van der Waals surface area contributed by atoms with Gasteiger partial charge < -0.3 is 11.1 Å². The van der Waals surface area contributed by atoms with E-state index in [1.807, 2.05) is 11.8 Å². The van der Waals surface area contributed by atoms with Gasteiger partial charge in [-0.3, -0.25) is 4.79 Å². The summed E-state index contributed by atoms with van der Waals surface area (Å²) in [5.74, 6) is 0.153. The highest BCUT2D eigenvalue weighted by atomic mass is 32.2. The van der Waals surface area contributed by atoms with Crippen molar-refractivity contribution in [2.45, 2.75) is 68.1 Å². The summed E-state index contributed by atoms with van der Waals surface area (Å²) < 4.78 is 0.299. The summed E-state index contributed by atoms with van der Waals surface area (Å²) in [5, 5.41) is 3.13. The average molecular weight is 270 g/mol. The number of thioether (sulfide) groups is 1. The zero-order valence-electron chi connectivity index (χ0n) is 11.5. The highest BCUT2D eigenvalue weighted by Gasteiger charge is 2.35. The standard InChI is InChI=1S/C14H26N2OS/c1-18-14(8-4-5-9-14)11-16-12(17)10-13(15)6-2-3-7-13/h2-11,15H2,1H3,(H,16,17). The van der Waals surface area contributed by atoms with Crippen LogP contribution in [0.25, 0.3) is 0 Å². The minimum absolute atomic E-state index is 0.153. The second kappa shape index (κ2) is 5.83. The van der Waals surface area contributed by atoms with E-state index < -0.39 is 0 Å². The molecule has 0 heterocycles. The van der Waals surface area contributed by atoms with Gasteiger partial charge in [-0.05, 0) is 31.9 Å². The van der Waals surface area contributed by atoms with E-state index in [2.05, 4.69) is 11.6 Å². The zero-order chi connectivity index (χ0) is 13.1. The summed E-state index contributed by atoms with van der Waals surface area (Å²) in [4.78, 5) is 12.0. The Labute approximate surface area is 115 Å². The number of amides is 1. The second-order valence-corrected chi connectivity index (χ2v) is 7.39. The topological polar surface area (TPSA) is 55.1 Å². The van der Waals surface area contributed by atoms with Crippen molar-refractivity contribution in [3.05, 3.63) is 0 Å². The molecule has 0 spiro atoms. The maximum atomic E-state index is 12.0. The molecule has 0 bridgehead atoms. The number of carbonyl (C=O) groups is 1. The number of nitrogens with one attached hydrogen (secondary N) is 1. The first kappa shape index (κ1) is 14.2. The molecule has 2 aliphatic carbocycles. The SMILES string of the molecule is CSC1(CNC(=O)CC2(N)CCCC2)CCCC1. The average Bonchev–Trinajstić information content (AvgIpc) is 2.97. The molecule has 104 valence electrons. The van der Waals surface area contributed by atoms with E-state index in [4.69, 9.17) is 5.73 Å². The molecule has 4 heteroatoms. The third-order valence-corrected chi connectivity index (χ3v) is 6.09. The van der Waals surface area contributed by atoms with Crippen molar-refractivity contribution in [2.24, 2.45) is 5.73 Å². The Morgan fingerprint density at radius 1 is 1.17 bits per heavy atom. The van der Waals surface area contributed by atoms with E-state index in [-0.39, 0.29) is 11.4 Å². The lowest BCUT2D eigenvalue weighted by molar-refractivity contribution is -0.122. The van der Waals surface area contributed by atoms with Crippen molar-refractivity contribution in [3.8, 4) is 0 Å². The normalized spacial score (nSPS) is 25.2. The molecule has 0 aromatic carbocycles. The molecule has 2 rings (SSSR count). The van der Waals surface area contributed by atoms with E-state index in [0.717, 1.165) is 19.4 Å². The molecule has 3 nitrogen and oxygen atoms in total. The summed E-state index contributed by atoms with van der Waals surface area (Å²) in [5.41, 5.74) is 6.03. The monoisotopic (exact) mass is 270 g/mol. The number of carbonyl (C=O) groups excluding carboxylic acids is 1. The van der Waals surface area contributed by atoms with Crippen LogP contribution in [-0.4, -0.2) is 29.0 Å². The minimum Gasteiger partial charge on any atom is -0.355 e. The lowest BCUT2D eigenvalue weighted by atomic mass is 9.94. The number of nitrogens with two attached hydrogens (primary N) is 1. The minimum atomic E-state index is -0.216. The van der Waals surface area contributed by atoms with Gasteiger partial charge in [-0.25, -0.2) is 0 Å². The Bertz CT molecular complexity index is 294. The maximum Gasteiger partial charge on any atom is 0.221 e. The number of rotatable bonds is 5. The van der Waals surface area contributed by atoms with Crippen molar-refractivity contribution in [2.75, 3.05) is 12.8 Å². The molecule has 0 aromatic heterocycles. The van der Waals surface area contributed by atoms with Crippen molar-refractivity contribution < 1.29 is 4.79 Å². The molecule has 0 atom stereocenters. The molecule has 1 amide bonds. The Morgan fingerprint density at radius 3 is 2.28 bits per heavy atom. The van der Waals surface area contributed by atoms with Gasteiger partial charge in [0.05, 0.1) is 0 Å². The Hall–Kier alpha value is -0.220. The van der Waals surface area contributed by atoms with E-state index >= 15 is 0 Å². The molecule has 2 aliphatic rings. The van der Waals surface area contributed by atoms with Crippen LogP contribution < -0.4 is 11.1 Å². The fourth-order valence-corrected chi connectivity index (χ4v) is 4.28. The van der Waals surface area contributed by atoms with Gasteiger partial charge in [0, 0.05) is 23.3 Å². The van der Waals surface area contributed by atoms with E-state index in [1.54, 1.807) is 0 Å². The van der Waals surface area contributed by atoms with Crippen LogP contribution in [0.3, 0.4) is 0 Å². The largest absolute Gasteiger partial charge is 0.355 e. The van der Waals surface area contributed by atoms with Gasteiger partial charge in [0.1, 0.15) is 0 Å². The first-order valence-corrected chi connectivity index (χ1v) is 8.41. The zero-order valence-corrected chi connectivity index (χ0v) is 12.3.